The average Bonchev–Trinajstić information content (AvgIpc) is 2.29. The maximum absolute atomic E-state index is 12.9. The molecule has 0 bridgehead atoms. The number of carbonyl (C=O) groups is 1. The normalized spacial score (nSPS) is 16.1. The smallest absolute Gasteiger partial charge is 0.312 e. The summed E-state index contributed by atoms with van der Waals surface area (Å²) in [4.78, 5) is 15.2. The molecule has 0 aliphatic carbocycles. The first-order chi connectivity index (χ1) is 10.1. The molecule has 1 unspecified atom stereocenters. The Balaban J connectivity index is 4.95. The summed E-state index contributed by atoms with van der Waals surface area (Å²) in [7, 11) is 0. The summed E-state index contributed by atoms with van der Waals surface area (Å²) >= 11 is 0. The van der Waals surface area contributed by atoms with Gasteiger partial charge in [-0.05, 0) is 51.9 Å². The lowest BCUT2D eigenvalue weighted by Gasteiger charge is -2.43. The molecule has 23 heavy (non-hydrogen) atoms. The second-order valence-electron chi connectivity index (χ2n) is 9.88. The summed E-state index contributed by atoms with van der Waals surface area (Å²) in [6, 6.07) is 0.912. The van der Waals surface area contributed by atoms with Gasteiger partial charge in [-0.2, -0.15) is 0 Å². The van der Waals surface area contributed by atoms with Crippen molar-refractivity contribution in [2.45, 2.75) is 94.7 Å². The minimum absolute atomic E-state index is 0.0626. The van der Waals surface area contributed by atoms with Gasteiger partial charge in [-0.1, -0.05) is 41.5 Å². The van der Waals surface area contributed by atoms with E-state index in [9.17, 15) is 4.79 Å². The highest BCUT2D eigenvalue weighted by molar-refractivity contribution is 5.77. The van der Waals surface area contributed by atoms with Crippen molar-refractivity contribution in [1.29, 1.82) is 0 Å². The fourth-order valence-electron chi connectivity index (χ4n) is 3.22. The van der Waals surface area contributed by atoms with Crippen LogP contribution in [0.1, 0.15) is 82.6 Å². The van der Waals surface area contributed by atoms with Gasteiger partial charge in [-0.3, -0.25) is 9.69 Å². The number of rotatable bonds is 7. The molecule has 0 saturated carbocycles. The van der Waals surface area contributed by atoms with E-state index in [2.05, 4.69) is 81.1 Å². The van der Waals surface area contributed by atoms with Gasteiger partial charge >= 0.3 is 5.97 Å². The summed E-state index contributed by atoms with van der Waals surface area (Å²) in [5.74, 6) is -0.0626. The van der Waals surface area contributed by atoms with Crippen molar-refractivity contribution in [1.82, 2.24) is 4.90 Å². The molecule has 0 aromatic heterocycles. The molecule has 3 heteroatoms. The van der Waals surface area contributed by atoms with Gasteiger partial charge < -0.3 is 4.74 Å². The Morgan fingerprint density at radius 3 is 1.65 bits per heavy atom. The third-order valence-electron chi connectivity index (χ3n) is 4.90. The lowest BCUT2D eigenvalue weighted by molar-refractivity contribution is -0.165. The first-order valence-electron chi connectivity index (χ1n) is 9.05. The first kappa shape index (κ1) is 22.4. The molecule has 0 spiro atoms. The molecular formula is C20H41NO2. The molecule has 0 saturated heterocycles. The van der Waals surface area contributed by atoms with Crippen LogP contribution in [0.3, 0.4) is 0 Å². The number of hydrogen-bond acceptors (Lipinski definition) is 3. The zero-order valence-electron chi connectivity index (χ0n) is 17.5. The topological polar surface area (TPSA) is 29.5 Å². The van der Waals surface area contributed by atoms with E-state index in [0.717, 1.165) is 13.0 Å². The van der Waals surface area contributed by atoms with E-state index in [1.165, 1.54) is 0 Å². The van der Waals surface area contributed by atoms with Crippen molar-refractivity contribution in [3.8, 4) is 0 Å². The predicted molar refractivity (Wildman–Crippen MR) is 99.6 cm³/mol. The van der Waals surface area contributed by atoms with Crippen molar-refractivity contribution in [2.24, 2.45) is 16.2 Å². The summed E-state index contributed by atoms with van der Waals surface area (Å²) in [5.41, 5.74) is -0.526. The fourth-order valence-corrected chi connectivity index (χ4v) is 3.22. The standard InChI is InChI=1S/C20H41NO2/c1-15(2)21(16(3)4)12-13-23-17(22)20(11,19(8,9)10)14-18(5,6)7/h15-16H,12-14H2,1-11H3. The number of hydrogen-bond donors (Lipinski definition) is 0. The summed E-state index contributed by atoms with van der Waals surface area (Å²) in [6.45, 7) is 25.0. The van der Waals surface area contributed by atoms with Gasteiger partial charge in [0.1, 0.15) is 6.61 Å². The third-order valence-corrected chi connectivity index (χ3v) is 4.90. The van der Waals surface area contributed by atoms with Crippen LogP contribution in [0, 0.1) is 16.2 Å². The summed E-state index contributed by atoms with van der Waals surface area (Å²) in [5, 5.41) is 0. The molecule has 0 aliphatic heterocycles. The van der Waals surface area contributed by atoms with Gasteiger partial charge in [0.15, 0.2) is 0 Å². The van der Waals surface area contributed by atoms with E-state index in [4.69, 9.17) is 4.74 Å². The van der Waals surface area contributed by atoms with Crippen LogP contribution in [0.15, 0.2) is 0 Å². The van der Waals surface area contributed by atoms with Crippen molar-refractivity contribution >= 4 is 5.97 Å². The quantitative estimate of drug-likeness (QED) is 0.607. The van der Waals surface area contributed by atoms with Gasteiger partial charge in [0, 0.05) is 18.6 Å². The zero-order valence-corrected chi connectivity index (χ0v) is 17.5. The van der Waals surface area contributed by atoms with Gasteiger partial charge in [0.25, 0.3) is 0 Å². The van der Waals surface area contributed by atoms with Crippen LogP contribution < -0.4 is 0 Å². The van der Waals surface area contributed by atoms with E-state index < -0.39 is 5.41 Å². The minimum Gasteiger partial charge on any atom is -0.464 e. The lowest BCUT2D eigenvalue weighted by atomic mass is 9.61. The number of esters is 1. The van der Waals surface area contributed by atoms with Crippen LogP contribution >= 0.6 is 0 Å². The molecule has 138 valence electrons. The summed E-state index contributed by atoms with van der Waals surface area (Å²) in [6.07, 6.45) is 0.820. The van der Waals surface area contributed by atoms with E-state index in [0.29, 0.717) is 18.7 Å². The van der Waals surface area contributed by atoms with Gasteiger partial charge in [0.2, 0.25) is 0 Å². The highest BCUT2D eigenvalue weighted by Gasteiger charge is 2.47. The van der Waals surface area contributed by atoms with Crippen LogP contribution in [0.25, 0.3) is 0 Å². The number of ether oxygens (including phenoxy) is 1. The van der Waals surface area contributed by atoms with E-state index in [1.54, 1.807) is 0 Å². The fraction of sp³-hybridized carbons (Fsp3) is 0.950. The van der Waals surface area contributed by atoms with Crippen LogP contribution in [0.2, 0.25) is 0 Å². The molecule has 0 aromatic rings. The molecule has 0 heterocycles. The molecule has 0 aliphatic rings. The molecule has 3 nitrogen and oxygen atoms in total. The predicted octanol–water partition coefficient (Wildman–Crippen LogP) is 5.14. The number of carbonyl (C=O) groups excluding carboxylic acids is 1. The van der Waals surface area contributed by atoms with Crippen molar-refractivity contribution in [3.63, 3.8) is 0 Å². The maximum atomic E-state index is 12.9. The highest BCUT2D eigenvalue weighted by atomic mass is 16.5. The van der Waals surface area contributed by atoms with Crippen molar-refractivity contribution < 1.29 is 9.53 Å². The second-order valence-corrected chi connectivity index (χ2v) is 9.88. The van der Waals surface area contributed by atoms with E-state index >= 15 is 0 Å². The lowest BCUT2D eigenvalue weighted by Crippen LogP contribution is -2.45. The Labute approximate surface area is 145 Å². The highest BCUT2D eigenvalue weighted by Crippen LogP contribution is 2.47. The van der Waals surface area contributed by atoms with Crippen LogP contribution in [-0.2, 0) is 9.53 Å². The molecule has 1 atom stereocenters. The maximum Gasteiger partial charge on any atom is 0.312 e. The second kappa shape index (κ2) is 8.00. The van der Waals surface area contributed by atoms with Gasteiger partial charge in [0.05, 0.1) is 5.41 Å². The Kier molecular flexibility index (Phi) is 7.81. The molecular weight excluding hydrogens is 286 g/mol. The van der Waals surface area contributed by atoms with Gasteiger partial charge in [-0.25, -0.2) is 0 Å². The van der Waals surface area contributed by atoms with Crippen LogP contribution in [0.4, 0.5) is 0 Å². The molecule has 0 aromatic carbocycles. The molecule has 0 amide bonds. The van der Waals surface area contributed by atoms with Crippen molar-refractivity contribution in [2.75, 3.05) is 13.2 Å². The van der Waals surface area contributed by atoms with Crippen LogP contribution in [-0.4, -0.2) is 36.1 Å². The third kappa shape index (κ3) is 6.82. The largest absolute Gasteiger partial charge is 0.464 e. The number of nitrogens with zero attached hydrogens (tertiary/aromatic N) is 1. The Morgan fingerprint density at radius 2 is 1.35 bits per heavy atom. The summed E-state index contributed by atoms with van der Waals surface area (Å²) < 4.78 is 5.73. The molecule has 0 N–H and O–H groups in total. The van der Waals surface area contributed by atoms with E-state index in [-0.39, 0.29) is 16.8 Å². The molecule has 0 radical (unpaired) electrons. The van der Waals surface area contributed by atoms with Crippen molar-refractivity contribution in [3.05, 3.63) is 0 Å². The molecule has 0 rings (SSSR count). The Morgan fingerprint density at radius 1 is 0.913 bits per heavy atom. The molecule has 0 fully saturated rings. The van der Waals surface area contributed by atoms with E-state index in [1.807, 2.05) is 0 Å². The minimum atomic E-state index is -0.480. The average molecular weight is 328 g/mol. The SMILES string of the molecule is CC(C)N(CCOC(=O)C(C)(CC(C)(C)C)C(C)(C)C)C(C)C. The monoisotopic (exact) mass is 327 g/mol. The van der Waals surface area contributed by atoms with Gasteiger partial charge in [-0.15, -0.1) is 0 Å². The first-order valence-corrected chi connectivity index (χ1v) is 9.05. The van der Waals surface area contributed by atoms with Crippen LogP contribution in [0.5, 0.6) is 0 Å². The zero-order chi connectivity index (χ0) is 18.6. The Hall–Kier alpha value is -0.570. The Bertz CT molecular complexity index is 366.